The number of nitrogens with zero attached hydrogens (tertiary/aromatic N) is 1. The average molecular weight is 318 g/mol. The molecule has 1 heterocycles. The van der Waals surface area contributed by atoms with Crippen molar-refractivity contribution in [2.75, 3.05) is 33.3 Å². The van der Waals surface area contributed by atoms with Crippen LogP contribution in [0.5, 0.6) is 5.75 Å². The van der Waals surface area contributed by atoms with Crippen LogP contribution in [-0.2, 0) is 11.2 Å². The zero-order valence-electron chi connectivity index (χ0n) is 14.5. The second kappa shape index (κ2) is 9.56. The second-order valence-electron chi connectivity index (χ2n) is 6.60. The first kappa shape index (κ1) is 17.8. The minimum atomic E-state index is 0.146. The predicted octanol–water partition coefficient (Wildman–Crippen LogP) is 2.87. The Hall–Kier alpha value is -1.55. The Morgan fingerprint density at radius 1 is 1.35 bits per heavy atom. The fraction of sp³-hybridized carbons (Fsp3) is 0.632. The number of methoxy groups -OCH3 is 1. The highest BCUT2D eigenvalue weighted by Crippen LogP contribution is 2.15. The van der Waals surface area contributed by atoms with Crippen molar-refractivity contribution in [2.24, 2.45) is 5.92 Å². The van der Waals surface area contributed by atoms with Gasteiger partial charge in [0.05, 0.1) is 7.11 Å². The Morgan fingerprint density at radius 2 is 2.13 bits per heavy atom. The first-order chi connectivity index (χ1) is 11.2. The number of carbonyl (C=O) groups is 1. The number of rotatable bonds is 8. The maximum Gasteiger partial charge on any atom is 0.220 e. The van der Waals surface area contributed by atoms with E-state index in [9.17, 15) is 4.79 Å². The molecule has 0 spiro atoms. The Kier molecular flexibility index (Phi) is 7.40. The molecule has 0 aromatic heterocycles. The monoisotopic (exact) mass is 318 g/mol. The number of amides is 1. The molecule has 0 aliphatic carbocycles. The van der Waals surface area contributed by atoms with E-state index >= 15 is 0 Å². The molecule has 1 aliphatic heterocycles. The van der Waals surface area contributed by atoms with E-state index in [1.165, 1.54) is 31.5 Å². The first-order valence-corrected chi connectivity index (χ1v) is 8.79. The average Bonchev–Trinajstić information content (AvgIpc) is 2.57. The van der Waals surface area contributed by atoms with E-state index < -0.39 is 0 Å². The fourth-order valence-electron chi connectivity index (χ4n) is 3.16. The van der Waals surface area contributed by atoms with Crippen molar-refractivity contribution in [3.05, 3.63) is 29.8 Å². The number of benzene rings is 1. The quantitative estimate of drug-likeness (QED) is 0.749. The summed E-state index contributed by atoms with van der Waals surface area (Å²) in [5, 5.41) is 3.04. The van der Waals surface area contributed by atoms with Crippen LogP contribution >= 0.6 is 0 Å². The third kappa shape index (κ3) is 6.61. The normalized spacial score (nSPS) is 18.6. The zero-order valence-corrected chi connectivity index (χ0v) is 14.5. The summed E-state index contributed by atoms with van der Waals surface area (Å²) < 4.78 is 5.13. The summed E-state index contributed by atoms with van der Waals surface area (Å²) in [7, 11) is 1.66. The van der Waals surface area contributed by atoms with E-state index in [-0.39, 0.29) is 5.91 Å². The Bertz CT molecular complexity index is 473. The van der Waals surface area contributed by atoms with Gasteiger partial charge in [-0.2, -0.15) is 0 Å². The molecule has 1 aromatic carbocycles. The SMILES string of the molecule is COc1ccc(CCC(=O)NCCCN2CCCC(C)C2)cc1. The molecule has 0 saturated carbocycles. The number of hydrogen-bond donors (Lipinski definition) is 1. The van der Waals surface area contributed by atoms with Crippen LogP contribution in [0, 0.1) is 5.92 Å². The number of hydrogen-bond acceptors (Lipinski definition) is 3. The van der Waals surface area contributed by atoms with Gasteiger partial charge in [0.1, 0.15) is 5.75 Å². The van der Waals surface area contributed by atoms with E-state index in [1.807, 2.05) is 24.3 Å². The van der Waals surface area contributed by atoms with Crippen LogP contribution in [0.1, 0.15) is 38.2 Å². The van der Waals surface area contributed by atoms with E-state index in [0.29, 0.717) is 6.42 Å². The molecule has 1 N–H and O–H groups in total. The van der Waals surface area contributed by atoms with Crippen molar-refractivity contribution in [1.82, 2.24) is 10.2 Å². The zero-order chi connectivity index (χ0) is 16.5. The topological polar surface area (TPSA) is 41.6 Å². The molecule has 1 unspecified atom stereocenters. The maximum atomic E-state index is 11.9. The Balaban J connectivity index is 1.56. The van der Waals surface area contributed by atoms with Gasteiger partial charge in [0, 0.05) is 19.5 Å². The highest BCUT2D eigenvalue weighted by molar-refractivity contribution is 5.76. The van der Waals surface area contributed by atoms with Crippen LogP contribution in [0.15, 0.2) is 24.3 Å². The van der Waals surface area contributed by atoms with Crippen LogP contribution in [-0.4, -0.2) is 44.1 Å². The molecule has 4 nitrogen and oxygen atoms in total. The molecule has 1 amide bonds. The summed E-state index contributed by atoms with van der Waals surface area (Å²) in [5.41, 5.74) is 1.17. The number of aryl methyl sites for hydroxylation is 1. The lowest BCUT2D eigenvalue weighted by Gasteiger charge is -2.30. The van der Waals surface area contributed by atoms with Crippen molar-refractivity contribution in [3.8, 4) is 5.75 Å². The van der Waals surface area contributed by atoms with Crippen LogP contribution in [0.3, 0.4) is 0 Å². The minimum Gasteiger partial charge on any atom is -0.497 e. The van der Waals surface area contributed by atoms with Crippen molar-refractivity contribution in [2.45, 2.75) is 39.0 Å². The Morgan fingerprint density at radius 3 is 2.83 bits per heavy atom. The molecular weight excluding hydrogens is 288 g/mol. The molecular formula is C19H30N2O2. The van der Waals surface area contributed by atoms with Crippen LogP contribution in [0.4, 0.5) is 0 Å². The molecule has 1 aliphatic rings. The van der Waals surface area contributed by atoms with E-state index in [0.717, 1.165) is 37.6 Å². The van der Waals surface area contributed by atoms with E-state index in [2.05, 4.69) is 17.1 Å². The molecule has 23 heavy (non-hydrogen) atoms. The van der Waals surface area contributed by atoms with Gasteiger partial charge < -0.3 is 15.0 Å². The molecule has 1 aromatic rings. The summed E-state index contributed by atoms with van der Waals surface area (Å²) in [5.74, 6) is 1.82. The van der Waals surface area contributed by atoms with Gasteiger partial charge in [-0.15, -0.1) is 0 Å². The van der Waals surface area contributed by atoms with Gasteiger partial charge in [0.25, 0.3) is 0 Å². The third-order valence-corrected chi connectivity index (χ3v) is 4.51. The van der Waals surface area contributed by atoms with E-state index in [4.69, 9.17) is 4.74 Å². The number of ether oxygens (including phenoxy) is 1. The van der Waals surface area contributed by atoms with Crippen molar-refractivity contribution < 1.29 is 9.53 Å². The molecule has 1 fully saturated rings. The lowest BCUT2D eigenvalue weighted by atomic mass is 10.0. The molecule has 1 saturated heterocycles. The number of carbonyl (C=O) groups excluding carboxylic acids is 1. The number of piperidine rings is 1. The van der Waals surface area contributed by atoms with Crippen LogP contribution < -0.4 is 10.1 Å². The number of likely N-dealkylation sites (tertiary alicyclic amines) is 1. The molecule has 0 radical (unpaired) electrons. The van der Waals surface area contributed by atoms with Gasteiger partial charge in [0.15, 0.2) is 0 Å². The van der Waals surface area contributed by atoms with E-state index in [1.54, 1.807) is 7.11 Å². The summed E-state index contributed by atoms with van der Waals surface area (Å²) in [4.78, 5) is 14.4. The fourth-order valence-corrected chi connectivity index (χ4v) is 3.16. The van der Waals surface area contributed by atoms with Gasteiger partial charge in [-0.25, -0.2) is 0 Å². The molecule has 2 rings (SSSR count). The summed E-state index contributed by atoms with van der Waals surface area (Å²) in [6, 6.07) is 7.91. The number of nitrogens with one attached hydrogen (secondary N) is 1. The second-order valence-corrected chi connectivity index (χ2v) is 6.60. The van der Waals surface area contributed by atoms with Gasteiger partial charge in [-0.05, 0) is 62.4 Å². The summed E-state index contributed by atoms with van der Waals surface area (Å²) in [6.45, 7) is 6.64. The van der Waals surface area contributed by atoms with Crippen molar-refractivity contribution in [1.29, 1.82) is 0 Å². The van der Waals surface area contributed by atoms with Crippen LogP contribution in [0.25, 0.3) is 0 Å². The standard InChI is InChI=1S/C19H30N2O2/c1-16-5-3-13-21(15-16)14-4-12-20-19(22)11-8-17-6-9-18(23-2)10-7-17/h6-7,9-10,16H,3-5,8,11-15H2,1-2H3,(H,20,22). The summed E-state index contributed by atoms with van der Waals surface area (Å²) >= 11 is 0. The smallest absolute Gasteiger partial charge is 0.220 e. The highest BCUT2D eigenvalue weighted by atomic mass is 16.5. The first-order valence-electron chi connectivity index (χ1n) is 8.79. The third-order valence-electron chi connectivity index (χ3n) is 4.51. The maximum absolute atomic E-state index is 11.9. The van der Waals surface area contributed by atoms with Gasteiger partial charge in [-0.3, -0.25) is 4.79 Å². The predicted molar refractivity (Wildman–Crippen MR) is 93.8 cm³/mol. The minimum absolute atomic E-state index is 0.146. The lowest BCUT2D eigenvalue weighted by Crippen LogP contribution is -2.36. The van der Waals surface area contributed by atoms with Gasteiger partial charge in [-0.1, -0.05) is 19.1 Å². The molecule has 1 atom stereocenters. The molecule has 0 bridgehead atoms. The van der Waals surface area contributed by atoms with Gasteiger partial charge >= 0.3 is 0 Å². The largest absolute Gasteiger partial charge is 0.497 e. The highest BCUT2D eigenvalue weighted by Gasteiger charge is 2.15. The Labute approximate surface area is 140 Å². The lowest BCUT2D eigenvalue weighted by molar-refractivity contribution is -0.121. The van der Waals surface area contributed by atoms with Crippen molar-refractivity contribution >= 4 is 5.91 Å². The summed E-state index contributed by atoms with van der Waals surface area (Å²) in [6.07, 6.45) is 5.04. The van der Waals surface area contributed by atoms with Crippen molar-refractivity contribution in [3.63, 3.8) is 0 Å². The molecule has 4 heteroatoms. The van der Waals surface area contributed by atoms with Crippen LogP contribution in [0.2, 0.25) is 0 Å². The van der Waals surface area contributed by atoms with Gasteiger partial charge in [0.2, 0.25) is 5.91 Å². The molecule has 128 valence electrons.